The largest absolute Gasteiger partial charge is 0.388 e. The second-order valence-electron chi connectivity index (χ2n) is 5.30. The van der Waals surface area contributed by atoms with Gasteiger partial charge < -0.3 is 5.11 Å². The van der Waals surface area contributed by atoms with Crippen LogP contribution < -0.4 is 0 Å². The fraction of sp³-hybridized carbons (Fsp3) is 0.917. The minimum Gasteiger partial charge on any atom is -0.388 e. The highest BCUT2D eigenvalue weighted by Crippen LogP contribution is 2.55. The predicted molar refractivity (Wildman–Crippen MR) is 54.5 cm³/mol. The zero-order chi connectivity index (χ0) is 10.2. The van der Waals surface area contributed by atoms with Crippen molar-refractivity contribution in [2.45, 2.75) is 57.5 Å². The molecule has 0 amide bonds. The summed E-state index contributed by atoms with van der Waals surface area (Å²) in [4.78, 5) is 0. The molecule has 78 valence electrons. The van der Waals surface area contributed by atoms with Gasteiger partial charge in [-0.1, -0.05) is 26.2 Å². The Morgan fingerprint density at radius 2 is 1.79 bits per heavy atom. The monoisotopic (exact) mass is 193 g/mol. The number of aliphatic hydroxyl groups is 1. The van der Waals surface area contributed by atoms with Gasteiger partial charge in [0.15, 0.2) is 0 Å². The number of nitriles is 1. The van der Waals surface area contributed by atoms with Crippen molar-refractivity contribution in [3.63, 3.8) is 0 Å². The van der Waals surface area contributed by atoms with Gasteiger partial charge in [0, 0.05) is 0 Å². The normalized spacial score (nSPS) is 41.1. The van der Waals surface area contributed by atoms with Crippen molar-refractivity contribution in [3.05, 3.63) is 0 Å². The Morgan fingerprint density at radius 3 is 2.21 bits per heavy atom. The molecule has 1 N–H and O–H groups in total. The van der Waals surface area contributed by atoms with Gasteiger partial charge >= 0.3 is 0 Å². The molecule has 0 radical (unpaired) electrons. The summed E-state index contributed by atoms with van der Waals surface area (Å²) in [6.07, 6.45) is 6.95. The first kappa shape index (κ1) is 9.98. The van der Waals surface area contributed by atoms with Crippen molar-refractivity contribution >= 4 is 0 Å². The summed E-state index contributed by atoms with van der Waals surface area (Å²) in [5.74, 6) is 0.604. The van der Waals surface area contributed by atoms with Gasteiger partial charge in [0.05, 0.1) is 17.1 Å². The summed E-state index contributed by atoms with van der Waals surface area (Å²) in [7, 11) is 0. The molecule has 0 saturated heterocycles. The van der Waals surface area contributed by atoms with Gasteiger partial charge in [-0.3, -0.25) is 0 Å². The van der Waals surface area contributed by atoms with Crippen LogP contribution in [0.2, 0.25) is 0 Å². The van der Waals surface area contributed by atoms with E-state index in [0.717, 1.165) is 38.5 Å². The Morgan fingerprint density at radius 1 is 1.21 bits per heavy atom. The van der Waals surface area contributed by atoms with E-state index >= 15 is 0 Å². The first-order valence-corrected chi connectivity index (χ1v) is 5.76. The molecule has 0 unspecified atom stereocenters. The maximum Gasteiger partial charge on any atom is 0.0860 e. The molecule has 0 aromatic rings. The smallest absolute Gasteiger partial charge is 0.0860 e. The van der Waals surface area contributed by atoms with Crippen LogP contribution in [0.15, 0.2) is 0 Å². The molecule has 2 fully saturated rings. The van der Waals surface area contributed by atoms with Crippen LogP contribution in [0.25, 0.3) is 0 Å². The van der Waals surface area contributed by atoms with E-state index in [4.69, 9.17) is 0 Å². The molecular formula is C12H19NO. The second-order valence-corrected chi connectivity index (χ2v) is 5.30. The third-order valence-corrected chi connectivity index (χ3v) is 4.18. The highest BCUT2D eigenvalue weighted by molar-refractivity contribution is 5.16. The van der Waals surface area contributed by atoms with Gasteiger partial charge in [0.2, 0.25) is 0 Å². The van der Waals surface area contributed by atoms with Crippen LogP contribution in [0.3, 0.4) is 0 Å². The van der Waals surface area contributed by atoms with Gasteiger partial charge in [-0.25, -0.2) is 0 Å². The van der Waals surface area contributed by atoms with Crippen molar-refractivity contribution in [1.82, 2.24) is 0 Å². The molecule has 0 bridgehead atoms. The first-order valence-electron chi connectivity index (χ1n) is 5.76. The van der Waals surface area contributed by atoms with E-state index in [1.165, 1.54) is 6.42 Å². The van der Waals surface area contributed by atoms with E-state index in [-0.39, 0.29) is 0 Å². The van der Waals surface area contributed by atoms with Crippen LogP contribution in [0.1, 0.15) is 51.9 Å². The lowest BCUT2D eigenvalue weighted by Crippen LogP contribution is -2.56. The van der Waals surface area contributed by atoms with Crippen molar-refractivity contribution in [3.8, 4) is 6.07 Å². The van der Waals surface area contributed by atoms with Crippen LogP contribution in [0, 0.1) is 22.7 Å². The van der Waals surface area contributed by atoms with Crippen molar-refractivity contribution in [2.75, 3.05) is 0 Å². The molecule has 0 aliphatic heterocycles. The fourth-order valence-electron chi connectivity index (χ4n) is 3.32. The molecule has 2 aliphatic rings. The highest BCUT2D eigenvalue weighted by atomic mass is 16.3. The molecule has 0 aromatic carbocycles. The van der Waals surface area contributed by atoms with Crippen molar-refractivity contribution < 1.29 is 5.11 Å². The van der Waals surface area contributed by atoms with E-state index in [1.54, 1.807) is 0 Å². The Bertz CT molecular complexity index is 254. The molecule has 2 nitrogen and oxygen atoms in total. The summed E-state index contributed by atoms with van der Waals surface area (Å²) in [5, 5.41) is 19.8. The zero-order valence-corrected chi connectivity index (χ0v) is 8.92. The van der Waals surface area contributed by atoms with E-state index in [0.29, 0.717) is 5.92 Å². The molecule has 0 heterocycles. The molecule has 14 heavy (non-hydrogen) atoms. The van der Waals surface area contributed by atoms with Crippen LogP contribution in [0.4, 0.5) is 0 Å². The topological polar surface area (TPSA) is 44.0 Å². The minimum absolute atomic E-state index is 0.405. The standard InChI is InChI=1S/C12H19NO/c1-10-7-12(14,8-10)11(9-13)5-3-2-4-6-11/h10,14H,2-8H2,1H3. The number of rotatable bonds is 1. The minimum atomic E-state index is -0.651. The average Bonchev–Trinajstić information content (AvgIpc) is 2.16. The third kappa shape index (κ3) is 1.26. The second kappa shape index (κ2) is 3.24. The summed E-state index contributed by atoms with van der Waals surface area (Å²) >= 11 is 0. The molecule has 0 aromatic heterocycles. The zero-order valence-electron chi connectivity index (χ0n) is 8.92. The summed E-state index contributed by atoms with van der Waals surface area (Å²) in [6, 6.07) is 2.43. The lowest BCUT2D eigenvalue weighted by atomic mass is 9.53. The highest BCUT2D eigenvalue weighted by Gasteiger charge is 2.56. The molecule has 0 atom stereocenters. The Kier molecular flexibility index (Phi) is 2.31. The van der Waals surface area contributed by atoms with Crippen molar-refractivity contribution in [2.24, 2.45) is 11.3 Å². The van der Waals surface area contributed by atoms with Crippen LogP contribution in [-0.4, -0.2) is 10.7 Å². The Hall–Kier alpha value is -0.550. The first-order chi connectivity index (χ1) is 6.62. The summed E-state index contributed by atoms with van der Waals surface area (Å²) in [6.45, 7) is 2.16. The van der Waals surface area contributed by atoms with E-state index < -0.39 is 11.0 Å². The molecule has 0 spiro atoms. The summed E-state index contributed by atoms with van der Waals surface area (Å²) in [5.41, 5.74) is -1.06. The summed E-state index contributed by atoms with van der Waals surface area (Å²) < 4.78 is 0. The third-order valence-electron chi connectivity index (χ3n) is 4.18. The average molecular weight is 193 g/mol. The fourth-order valence-corrected chi connectivity index (χ4v) is 3.32. The van der Waals surface area contributed by atoms with Crippen LogP contribution >= 0.6 is 0 Å². The number of hydrogen-bond donors (Lipinski definition) is 1. The van der Waals surface area contributed by atoms with Gasteiger partial charge in [-0.15, -0.1) is 0 Å². The lowest BCUT2D eigenvalue weighted by Gasteiger charge is -2.53. The van der Waals surface area contributed by atoms with Gasteiger partial charge in [-0.2, -0.15) is 5.26 Å². The lowest BCUT2D eigenvalue weighted by molar-refractivity contribution is -0.152. The van der Waals surface area contributed by atoms with E-state index in [9.17, 15) is 10.4 Å². The number of hydrogen-bond acceptors (Lipinski definition) is 2. The van der Waals surface area contributed by atoms with Gasteiger partial charge in [0.25, 0.3) is 0 Å². The van der Waals surface area contributed by atoms with E-state index in [1.807, 2.05) is 0 Å². The molecule has 2 aliphatic carbocycles. The Labute approximate surface area is 85.9 Å². The van der Waals surface area contributed by atoms with Gasteiger partial charge in [0.1, 0.15) is 0 Å². The molecule has 2 rings (SSSR count). The molecular weight excluding hydrogens is 174 g/mol. The van der Waals surface area contributed by atoms with Gasteiger partial charge in [-0.05, 0) is 31.6 Å². The quantitative estimate of drug-likeness (QED) is 0.695. The maximum atomic E-state index is 10.4. The Balaban J connectivity index is 2.16. The number of nitrogens with zero attached hydrogens (tertiary/aromatic N) is 1. The maximum absolute atomic E-state index is 10.4. The predicted octanol–water partition coefficient (Wildman–Crippen LogP) is 2.62. The van der Waals surface area contributed by atoms with Crippen LogP contribution in [-0.2, 0) is 0 Å². The van der Waals surface area contributed by atoms with E-state index in [2.05, 4.69) is 13.0 Å². The van der Waals surface area contributed by atoms with Crippen LogP contribution in [0.5, 0.6) is 0 Å². The molecule has 2 saturated carbocycles. The SMILES string of the molecule is CC1CC(O)(C2(C#N)CCCCC2)C1. The van der Waals surface area contributed by atoms with Crippen molar-refractivity contribution in [1.29, 1.82) is 5.26 Å². The molecule has 2 heteroatoms.